The van der Waals surface area contributed by atoms with Crippen LogP contribution in [0.15, 0.2) is 18.5 Å². The lowest BCUT2D eigenvalue weighted by Gasteiger charge is -2.19. The van der Waals surface area contributed by atoms with Gasteiger partial charge in [-0.25, -0.2) is 9.97 Å². The Morgan fingerprint density at radius 2 is 1.96 bits per heavy atom. The molecule has 0 saturated heterocycles. The van der Waals surface area contributed by atoms with Gasteiger partial charge in [0.1, 0.15) is 5.82 Å². The molecule has 1 aliphatic rings. The molecule has 4 heteroatoms. The number of nitrogens with zero attached hydrogens (tertiary/aromatic N) is 4. The molecule has 0 amide bonds. The zero-order valence-electron chi connectivity index (χ0n) is 15.1. The van der Waals surface area contributed by atoms with Crippen LogP contribution in [-0.4, -0.2) is 19.5 Å². The van der Waals surface area contributed by atoms with Crippen LogP contribution in [0.4, 0.5) is 0 Å². The lowest BCUT2D eigenvalue weighted by Crippen LogP contribution is -2.05. The third kappa shape index (κ3) is 3.92. The van der Waals surface area contributed by atoms with Crippen molar-refractivity contribution in [3.8, 4) is 0 Å². The van der Waals surface area contributed by atoms with Crippen molar-refractivity contribution in [1.29, 1.82) is 0 Å². The second-order valence-electron chi connectivity index (χ2n) is 6.86. The Hall–Kier alpha value is -1.97. The van der Waals surface area contributed by atoms with Gasteiger partial charge in [0.2, 0.25) is 0 Å². The van der Waals surface area contributed by atoms with E-state index < -0.39 is 0 Å². The van der Waals surface area contributed by atoms with Gasteiger partial charge in [-0.2, -0.15) is 0 Å². The predicted molar refractivity (Wildman–Crippen MR) is 97.9 cm³/mol. The van der Waals surface area contributed by atoms with Crippen molar-refractivity contribution in [2.45, 2.75) is 64.7 Å². The molecular formula is C20H28N4. The second-order valence-corrected chi connectivity index (χ2v) is 6.86. The molecular weight excluding hydrogens is 296 g/mol. The molecule has 3 rings (SSSR count). The van der Waals surface area contributed by atoms with Crippen LogP contribution in [0.2, 0.25) is 0 Å². The van der Waals surface area contributed by atoms with Gasteiger partial charge < -0.3 is 4.57 Å². The molecule has 0 aromatic carbocycles. The molecule has 0 bridgehead atoms. The summed E-state index contributed by atoms with van der Waals surface area (Å²) in [5.74, 6) is 1.82. The van der Waals surface area contributed by atoms with Gasteiger partial charge >= 0.3 is 0 Å². The van der Waals surface area contributed by atoms with Crippen molar-refractivity contribution < 1.29 is 0 Å². The minimum Gasteiger partial charge on any atom is -0.338 e. The molecule has 0 atom stereocenters. The van der Waals surface area contributed by atoms with Crippen LogP contribution >= 0.6 is 0 Å². The van der Waals surface area contributed by atoms with Gasteiger partial charge in [-0.15, -0.1) is 0 Å². The lowest BCUT2D eigenvalue weighted by molar-refractivity contribution is 0.437. The average Bonchev–Trinajstić information content (AvgIpc) is 2.97. The van der Waals surface area contributed by atoms with E-state index in [1.807, 2.05) is 32.2 Å². The summed E-state index contributed by atoms with van der Waals surface area (Å²) in [4.78, 5) is 14.1. The molecule has 4 nitrogen and oxygen atoms in total. The number of aryl methyl sites for hydroxylation is 4. The molecule has 2 aromatic rings. The molecule has 2 heterocycles. The first kappa shape index (κ1) is 16.9. The maximum absolute atomic E-state index is 4.93. The molecule has 0 spiro atoms. The third-order valence-corrected chi connectivity index (χ3v) is 4.99. The van der Waals surface area contributed by atoms with Crippen LogP contribution in [-0.2, 0) is 19.9 Å². The molecule has 0 radical (unpaired) electrons. The number of hydrogen-bond acceptors (Lipinski definition) is 3. The minimum atomic E-state index is 0.666. The maximum Gasteiger partial charge on any atom is 0.109 e. The molecule has 24 heavy (non-hydrogen) atoms. The van der Waals surface area contributed by atoms with Gasteiger partial charge in [0.05, 0.1) is 22.8 Å². The van der Waals surface area contributed by atoms with E-state index in [-0.39, 0.29) is 0 Å². The van der Waals surface area contributed by atoms with Crippen molar-refractivity contribution in [1.82, 2.24) is 19.5 Å². The number of rotatable bonds is 5. The topological polar surface area (TPSA) is 43.6 Å². The summed E-state index contributed by atoms with van der Waals surface area (Å²) in [7, 11) is 2.11. The Morgan fingerprint density at radius 1 is 1.17 bits per heavy atom. The van der Waals surface area contributed by atoms with E-state index in [1.54, 1.807) is 0 Å². The van der Waals surface area contributed by atoms with Crippen molar-refractivity contribution >= 4 is 6.08 Å². The van der Waals surface area contributed by atoms with Crippen molar-refractivity contribution in [3.05, 3.63) is 47.1 Å². The van der Waals surface area contributed by atoms with Crippen molar-refractivity contribution in [2.75, 3.05) is 0 Å². The standard InChI is InChI=1S/C20H28N4/c1-4-8-18-15(2)21-13-17(22-18)11-12-20-23-19(14-24(20)3)16-9-6-5-7-10-16/h4,8,13-14,16H,5-7,9-12H2,1-3H3/b8-4-. The van der Waals surface area contributed by atoms with Crippen LogP contribution in [0, 0.1) is 6.92 Å². The first-order chi connectivity index (χ1) is 11.7. The SMILES string of the molecule is C/C=C\c1nc(CCc2nc(C3CCCCC3)cn2C)cnc1C. The highest BCUT2D eigenvalue weighted by atomic mass is 15.0. The average molecular weight is 324 g/mol. The number of imidazole rings is 1. The van der Waals surface area contributed by atoms with Crippen LogP contribution in [0.5, 0.6) is 0 Å². The molecule has 1 saturated carbocycles. The summed E-state index contributed by atoms with van der Waals surface area (Å²) in [6.07, 6.45) is 16.6. The van der Waals surface area contributed by atoms with Gasteiger partial charge in [0.25, 0.3) is 0 Å². The van der Waals surface area contributed by atoms with Crippen LogP contribution < -0.4 is 0 Å². The van der Waals surface area contributed by atoms with E-state index in [2.05, 4.69) is 22.8 Å². The number of allylic oxidation sites excluding steroid dienone is 1. The second kappa shape index (κ2) is 7.73. The lowest BCUT2D eigenvalue weighted by atomic mass is 9.87. The Kier molecular flexibility index (Phi) is 5.44. The summed E-state index contributed by atoms with van der Waals surface area (Å²) in [6.45, 7) is 4.01. The largest absolute Gasteiger partial charge is 0.338 e. The van der Waals surface area contributed by atoms with E-state index in [0.717, 1.165) is 35.7 Å². The molecule has 0 aliphatic heterocycles. The van der Waals surface area contributed by atoms with Gasteiger partial charge in [-0.1, -0.05) is 25.3 Å². The van der Waals surface area contributed by atoms with E-state index in [1.165, 1.54) is 37.8 Å². The Morgan fingerprint density at radius 3 is 2.71 bits per heavy atom. The summed E-state index contributed by atoms with van der Waals surface area (Å²) in [6, 6.07) is 0. The number of aromatic nitrogens is 4. The highest BCUT2D eigenvalue weighted by Gasteiger charge is 2.19. The zero-order valence-corrected chi connectivity index (χ0v) is 15.1. The monoisotopic (exact) mass is 324 g/mol. The fraction of sp³-hybridized carbons (Fsp3) is 0.550. The smallest absolute Gasteiger partial charge is 0.109 e. The molecule has 2 aromatic heterocycles. The first-order valence-corrected chi connectivity index (χ1v) is 9.14. The first-order valence-electron chi connectivity index (χ1n) is 9.14. The van der Waals surface area contributed by atoms with E-state index in [0.29, 0.717) is 5.92 Å². The summed E-state index contributed by atoms with van der Waals surface area (Å²) >= 11 is 0. The molecule has 1 aliphatic carbocycles. The maximum atomic E-state index is 4.93. The van der Waals surface area contributed by atoms with Crippen molar-refractivity contribution in [3.63, 3.8) is 0 Å². The minimum absolute atomic E-state index is 0.666. The summed E-state index contributed by atoms with van der Waals surface area (Å²) in [5, 5.41) is 0. The van der Waals surface area contributed by atoms with E-state index >= 15 is 0 Å². The van der Waals surface area contributed by atoms with Crippen LogP contribution in [0.25, 0.3) is 6.08 Å². The fourth-order valence-corrected chi connectivity index (χ4v) is 3.53. The Balaban J connectivity index is 1.68. The van der Waals surface area contributed by atoms with E-state index in [9.17, 15) is 0 Å². The highest BCUT2D eigenvalue weighted by molar-refractivity contribution is 5.46. The zero-order chi connectivity index (χ0) is 16.9. The third-order valence-electron chi connectivity index (χ3n) is 4.99. The Bertz CT molecular complexity index is 708. The molecule has 0 unspecified atom stereocenters. The number of hydrogen-bond donors (Lipinski definition) is 0. The molecule has 0 N–H and O–H groups in total. The molecule has 128 valence electrons. The quantitative estimate of drug-likeness (QED) is 0.819. The summed E-state index contributed by atoms with van der Waals surface area (Å²) < 4.78 is 2.19. The van der Waals surface area contributed by atoms with E-state index in [4.69, 9.17) is 9.97 Å². The van der Waals surface area contributed by atoms with Gasteiger partial charge in [-0.05, 0) is 39.2 Å². The fourth-order valence-electron chi connectivity index (χ4n) is 3.53. The van der Waals surface area contributed by atoms with Crippen LogP contribution in [0.3, 0.4) is 0 Å². The van der Waals surface area contributed by atoms with Gasteiger partial charge in [0, 0.05) is 31.8 Å². The van der Waals surface area contributed by atoms with Gasteiger partial charge in [-0.3, -0.25) is 4.98 Å². The van der Waals surface area contributed by atoms with Crippen LogP contribution in [0.1, 0.15) is 73.5 Å². The van der Waals surface area contributed by atoms with Gasteiger partial charge in [0.15, 0.2) is 0 Å². The van der Waals surface area contributed by atoms with Crippen molar-refractivity contribution in [2.24, 2.45) is 7.05 Å². The Labute approximate surface area is 145 Å². The summed E-state index contributed by atoms with van der Waals surface area (Å²) in [5.41, 5.74) is 4.28. The molecule has 1 fully saturated rings. The predicted octanol–water partition coefficient (Wildman–Crippen LogP) is 4.38. The normalized spacial score (nSPS) is 16.1. The highest BCUT2D eigenvalue weighted by Crippen LogP contribution is 2.31.